The molecule has 1 aromatic rings. The first-order chi connectivity index (χ1) is 11.0. The van der Waals surface area contributed by atoms with E-state index in [1.807, 2.05) is 0 Å². The van der Waals surface area contributed by atoms with Crippen LogP contribution in [-0.4, -0.2) is 49.8 Å². The van der Waals surface area contributed by atoms with E-state index < -0.39 is 15.8 Å². The lowest BCUT2D eigenvalue weighted by atomic mass is 9.93. The third kappa shape index (κ3) is 2.81. The van der Waals surface area contributed by atoms with Gasteiger partial charge in [0, 0.05) is 32.2 Å². The monoisotopic (exact) mass is 338 g/mol. The molecule has 0 amide bonds. The number of fused-ring (bicyclic) bond motifs is 2. The van der Waals surface area contributed by atoms with Gasteiger partial charge in [0.05, 0.1) is 4.90 Å². The first kappa shape index (κ1) is 15.5. The van der Waals surface area contributed by atoms with Gasteiger partial charge in [0.2, 0.25) is 10.0 Å². The molecule has 3 aliphatic rings. The lowest BCUT2D eigenvalue weighted by Crippen LogP contribution is -2.53. The molecule has 2 bridgehead atoms. The molecule has 0 unspecified atom stereocenters. The molecule has 2 saturated carbocycles. The highest BCUT2D eigenvalue weighted by molar-refractivity contribution is 7.89. The second-order valence-corrected chi connectivity index (χ2v) is 9.07. The second kappa shape index (κ2) is 5.83. The van der Waals surface area contributed by atoms with Crippen molar-refractivity contribution < 1.29 is 12.8 Å². The van der Waals surface area contributed by atoms with Crippen LogP contribution in [-0.2, 0) is 10.0 Å². The zero-order valence-corrected chi connectivity index (χ0v) is 14.0. The van der Waals surface area contributed by atoms with Crippen molar-refractivity contribution in [1.29, 1.82) is 0 Å². The Morgan fingerprint density at radius 3 is 2.22 bits per heavy atom. The van der Waals surface area contributed by atoms with Crippen LogP contribution in [0.3, 0.4) is 0 Å². The summed E-state index contributed by atoms with van der Waals surface area (Å²) in [5, 5.41) is 0. The van der Waals surface area contributed by atoms with Crippen LogP contribution in [0.5, 0.6) is 0 Å². The van der Waals surface area contributed by atoms with Gasteiger partial charge in [0.15, 0.2) is 0 Å². The molecular weight excluding hydrogens is 315 g/mol. The molecule has 1 saturated heterocycles. The van der Waals surface area contributed by atoms with E-state index in [1.54, 1.807) is 4.31 Å². The van der Waals surface area contributed by atoms with Gasteiger partial charge in [-0.25, -0.2) is 12.8 Å². The van der Waals surface area contributed by atoms with Gasteiger partial charge in [-0.3, -0.25) is 4.90 Å². The molecule has 3 fully saturated rings. The van der Waals surface area contributed by atoms with Gasteiger partial charge in [0.25, 0.3) is 0 Å². The van der Waals surface area contributed by atoms with Gasteiger partial charge in [-0.2, -0.15) is 4.31 Å². The van der Waals surface area contributed by atoms with Crippen molar-refractivity contribution in [1.82, 2.24) is 9.21 Å². The molecule has 23 heavy (non-hydrogen) atoms. The highest BCUT2D eigenvalue weighted by Crippen LogP contribution is 2.46. The van der Waals surface area contributed by atoms with Crippen molar-refractivity contribution in [2.45, 2.75) is 36.6 Å². The number of sulfonamides is 1. The first-order valence-corrected chi connectivity index (χ1v) is 9.98. The van der Waals surface area contributed by atoms with Gasteiger partial charge in [-0.1, -0.05) is 6.42 Å². The molecule has 0 N–H and O–H groups in total. The van der Waals surface area contributed by atoms with E-state index in [-0.39, 0.29) is 4.90 Å². The summed E-state index contributed by atoms with van der Waals surface area (Å²) < 4.78 is 39.8. The van der Waals surface area contributed by atoms with Crippen LogP contribution in [0.1, 0.15) is 25.7 Å². The quantitative estimate of drug-likeness (QED) is 0.849. The molecule has 4 rings (SSSR count). The summed E-state index contributed by atoms with van der Waals surface area (Å²) in [5.74, 6) is 1.33. The summed E-state index contributed by atoms with van der Waals surface area (Å²) in [7, 11) is -3.50. The van der Waals surface area contributed by atoms with Gasteiger partial charge < -0.3 is 0 Å². The minimum Gasteiger partial charge on any atom is -0.297 e. The molecule has 0 aromatic heterocycles. The highest BCUT2D eigenvalue weighted by Gasteiger charge is 2.43. The minimum absolute atomic E-state index is 0.187. The van der Waals surface area contributed by atoms with E-state index in [9.17, 15) is 12.8 Å². The fourth-order valence-electron chi connectivity index (χ4n) is 4.69. The van der Waals surface area contributed by atoms with Crippen molar-refractivity contribution in [3.05, 3.63) is 30.1 Å². The van der Waals surface area contributed by atoms with E-state index in [4.69, 9.17) is 0 Å². The van der Waals surface area contributed by atoms with E-state index in [0.717, 1.165) is 24.9 Å². The van der Waals surface area contributed by atoms with Gasteiger partial charge in [-0.15, -0.1) is 0 Å². The Balaban J connectivity index is 1.42. The predicted molar refractivity (Wildman–Crippen MR) is 86.0 cm³/mol. The summed E-state index contributed by atoms with van der Waals surface area (Å²) in [6.07, 6.45) is 5.41. The Bertz CT molecular complexity index is 668. The van der Waals surface area contributed by atoms with E-state index >= 15 is 0 Å². The van der Waals surface area contributed by atoms with Crippen molar-refractivity contribution in [2.75, 3.05) is 26.2 Å². The van der Waals surface area contributed by atoms with Crippen LogP contribution in [0, 0.1) is 17.7 Å². The molecule has 126 valence electrons. The number of hydrogen-bond acceptors (Lipinski definition) is 3. The molecule has 3 atom stereocenters. The largest absolute Gasteiger partial charge is 0.297 e. The number of hydrogen-bond donors (Lipinski definition) is 0. The van der Waals surface area contributed by atoms with E-state index in [0.29, 0.717) is 19.1 Å². The average molecular weight is 338 g/mol. The summed E-state index contributed by atoms with van der Waals surface area (Å²) in [6.45, 7) is 2.70. The van der Waals surface area contributed by atoms with Gasteiger partial charge in [-0.05, 0) is 55.4 Å². The lowest BCUT2D eigenvalue weighted by molar-refractivity contribution is 0.101. The average Bonchev–Trinajstić information content (AvgIpc) is 3.18. The molecule has 0 radical (unpaired) electrons. The number of nitrogens with zero attached hydrogens (tertiary/aromatic N) is 2. The molecule has 1 heterocycles. The molecule has 6 heteroatoms. The van der Waals surface area contributed by atoms with Gasteiger partial charge in [0.1, 0.15) is 5.82 Å². The molecule has 0 spiro atoms. The van der Waals surface area contributed by atoms with Crippen LogP contribution in [0.4, 0.5) is 4.39 Å². The maximum absolute atomic E-state index is 13.0. The highest BCUT2D eigenvalue weighted by atomic mass is 32.2. The first-order valence-electron chi connectivity index (χ1n) is 8.54. The zero-order chi connectivity index (χ0) is 16.0. The summed E-state index contributed by atoms with van der Waals surface area (Å²) >= 11 is 0. The number of benzene rings is 1. The van der Waals surface area contributed by atoms with Crippen LogP contribution >= 0.6 is 0 Å². The van der Waals surface area contributed by atoms with Crippen molar-refractivity contribution in [3.63, 3.8) is 0 Å². The standard InChI is InChI=1S/C17H23FN2O2S/c18-15-3-5-16(6-4-15)23(21,22)20-9-7-19(8-10-20)17-12-13-1-2-14(17)11-13/h3-6,13-14,17H,1-2,7-12H2/t13-,14+,17+/m0/s1. The third-order valence-corrected chi connectivity index (χ3v) is 7.81. The maximum atomic E-state index is 13.0. The molecule has 4 nitrogen and oxygen atoms in total. The normalized spacial score (nSPS) is 32.5. The smallest absolute Gasteiger partial charge is 0.243 e. The summed E-state index contributed by atoms with van der Waals surface area (Å²) in [5.41, 5.74) is 0. The van der Waals surface area contributed by atoms with Crippen molar-refractivity contribution in [2.24, 2.45) is 11.8 Å². The molecule has 2 aliphatic carbocycles. The molecular formula is C17H23FN2O2S. The topological polar surface area (TPSA) is 40.6 Å². The van der Waals surface area contributed by atoms with Crippen molar-refractivity contribution >= 4 is 10.0 Å². The predicted octanol–water partition coefficient (Wildman–Crippen LogP) is 2.32. The van der Waals surface area contributed by atoms with Gasteiger partial charge >= 0.3 is 0 Å². The Hall–Kier alpha value is -0.980. The van der Waals surface area contributed by atoms with Crippen LogP contribution in [0.15, 0.2) is 29.2 Å². The zero-order valence-electron chi connectivity index (χ0n) is 13.2. The maximum Gasteiger partial charge on any atom is 0.243 e. The summed E-state index contributed by atoms with van der Waals surface area (Å²) in [6, 6.07) is 5.79. The summed E-state index contributed by atoms with van der Waals surface area (Å²) in [4.78, 5) is 2.69. The SMILES string of the molecule is O=S(=O)(c1ccc(F)cc1)N1CCN([C@@H]2C[C@H]3CC[C@@H]2C3)CC1. The lowest BCUT2D eigenvalue weighted by Gasteiger charge is -2.40. The van der Waals surface area contributed by atoms with Crippen LogP contribution in [0.2, 0.25) is 0 Å². The van der Waals surface area contributed by atoms with Crippen molar-refractivity contribution in [3.8, 4) is 0 Å². The number of piperazine rings is 1. The number of rotatable bonds is 3. The van der Waals surface area contributed by atoms with E-state index in [2.05, 4.69) is 4.90 Å². The number of halogens is 1. The molecule has 1 aromatic carbocycles. The Kier molecular flexibility index (Phi) is 3.94. The Morgan fingerprint density at radius 2 is 1.65 bits per heavy atom. The fourth-order valence-corrected chi connectivity index (χ4v) is 6.11. The minimum atomic E-state index is -3.50. The van der Waals surface area contributed by atoms with Crippen LogP contribution in [0.25, 0.3) is 0 Å². The fraction of sp³-hybridized carbons (Fsp3) is 0.647. The Labute approximate surface area is 137 Å². The Morgan fingerprint density at radius 1 is 0.957 bits per heavy atom. The van der Waals surface area contributed by atoms with Crippen LogP contribution < -0.4 is 0 Å². The second-order valence-electron chi connectivity index (χ2n) is 7.14. The molecule has 1 aliphatic heterocycles. The third-order valence-electron chi connectivity index (χ3n) is 5.89. The van der Waals surface area contributed by atoms with E-state index in [1.165, 1.54) is 49.9 Å².